The summed E-state index contributed by atoms with van der Waals surface area (Å²) in [7, 11) is 0. The Hall–Kier alpha value is -1.73. The van der Waals surface area contributed by atoms with Gasteiger partial charge in [-0.2, -0.15) is 0 Å². The molecular formula is C10H5N3O2S2. The van der Waals surface area contributed by atoms with Crippen LogP contribution in [0, 0.1) is 0 Å². The van der Waals surface area contributed by atoms with Gasteiger partial charge in [-0.3, -0.25) is 9.59 Å². The van der Waals surface area contributed by atoms with Crippen LogP contribution in [-0.4, -0.2) is 21.9 Å². The number of rotatable bonds is 2. The maximum Gasteiger partial charge on any atom is 0.296 e. The Morgan fingerprint density at radius 2 is 2.18 bits per heavy atom. The second kappa shape index (κ2) is 3.94. The summed E-state index contributed by atoms with van der Waals surface area (Å²) in [5, 5.41) is 10.2. The zero-order chi connectivity index (χ0) is 11.8. The number of fused-ring (bicyclic) bond motifs is 1. The van der Waals surface area contributed by atoms with Crippen LogP contribution in [0.2, 0.25) is 0 Å². The van der Waals surface area contributed by atoms with Crippen molar-refractivity contribution in [3.05, 3.63) is 29.3 Å². The number of nitrogens with zero attached hydrogens (tertiary/aromatic N) is 2. The lowest BCUT2D eigenvalue weighted by Crippen LogP contribution is -2.12. The Balaban J connectivity index is 1.93. The molecule has 1 aromatic heterocycles. The standard InChI is InChI=1S/C10H5N3O2S2/c14-8-6-2-1-5(3-7(6)12-9(8)15)17-10-13-11-4-16-10/h1-4H,(H,12,14,15). The van der Waals surface area contributed by atoms with Crippen LogP contribution in [0.4, 0.5) is 5.69 Å². The second-order valence-corrected chi connectivity index (χ2v) is 5.45. The first-order chi connectivity index (χ1) is 8.24. The molecule has 0 bridgehead atoms. The van der Waals surface area contributed by atoms with Gasteiger partial charge in [-0.15, -0.1) is 10.2 Å². The lowest BCUT2D eigenvalue weighted by atomic mass is 10.1. The number of aromatic nitrogens is 2. The fraction of sp³-hybridized carbons (Fsp3) is 0. The van der Waals surface area contributed by atoms with Crippen LogP contribution in [0.25, 0.3) is 0 Å². The minimum Gasteiger partial charge on any atom is -0.318 e. The SMILES string of the molecule is O=C1Nc2cc(Sc3nncs3)ccc2C1=O. The fourth-order valence-corrected chi connectivity index (χ4v) is 2.99. The zero-order valence-corrected chi connectivity index (χ0v) is 9.97. The van der Waals surface area contributed by atoms with Crippen molar-refractivity contribution in [1.29, 1.82) is 0 Å². The first-order valence-electron chi connectivity index (χ1n) is 4.68. The molecule has 0 saturated heterocycles. The van der Waals surface area contributed by atoms with Crippen molar-refractivity contribution in [2.45, 2.75) is 9.24 Å². The van der Waals surface area contributed by atoms with Gasteiger partial charge in [-0.05, 0) is 18.2 Å². The van der Waals surface area contributed by atoms with E-state index in [1.807, 2.05) is 0 Å². The van der Waals surface area contributed by atoms with E-state index in [2.05, 4.69) is 15.5 Å². The quantitative estimate of drug-likeness (QED) is 0.837. The third-order valence-corrected chi connectivity index (χ3v) is 4.00. The number of carbonyl (C=O) groups excluding carboxylic acids is 2. The van der Waals surface area contributed by atoms with Crippen LogP contribution in [0.15, 0.2) is 32.9 Å². The average molecular weight is 263 g/mol. The van der Waals surface area contributed by atoms with Crippen molar-refractivity contribution >= 4 is 40.5 Å². The molecule has 0 radical (unpaired) electrons. The molecular weight excluding hydrogens is 258 g/mol. The molecule has 17 heavy (non-hydrogen) atoms. The Bertz CT molecular complexity index is 610. The molecule has 84 valence electrons. The number of carbonyl (C=O) groups is 2. The van der Waals surface area contributed by atoms with Crippen molar-refractivity contribution in [3.8, 4) is 0 Å². The molecule has 1 aliphatic rings. The molecule has 3 rings (SSSR count). The van der Waals surface area contributed by atoms with E-state index in [-0.39, 0.29) is 0 Å². The number of amides is 1. The van der Waals surface area contributed by atoms with Crippen LogP contribution in [0.3, 0.4) is 0 Å². The number of hydrogen-bond donors (Lipinski definition) is 1. The summed E-state index contributed by atoms with van der Waals surface area (Å²) in [5.74, 6) is -1.05. The Labute approximate surface area is 104 Å². The highest BCUT2D eigenvalue weighted by molar-refractivity contribution is 8.01. The van der Waals surface area contributed by atoms with Gasteiger partial charge >= 0.3 is 0 Å². The molecule has 0 aliphatic carbocycles. The highest BCUT2D eigenvalue weighted by Gasteiger charge is 2.27. The van der Waals surface area contributed by atoms with Gasteiger partial charge in [0.25, 0.3) is 11.7 Å². The third kappa shape index (κ3) is 1.83. The highest BCUT2D eigenvalue weighted by Crippen LogP contribution is 2.33. The van der Waals surface area contributed by atoms with Crippen molar-refractivity contribution in [2.24, 2.45) is 0 Å². The number of ketones is 1. The number of anilines is 1. The molecule has 7 heteroatoms. The Morgan fingerprint density at radius 1 is 1.29 bits per heavy atom. The molecule has 0 unspecified atom stereocenters. The van der Waals surface area contributed by atoms with E-state index in [0.29, 0.717) is 11.3 Å². The van der Waals surface area contributed by atoms with Crippen molar-refractivity contribution in [2.75, 3.05) is 5.32 Å². The zero-order valence-electron chi connectivity index (χ0n) is 8.34. The molecule has 5 nitrogen and oxygen atoms in total. The van der Waals surface area contributed by atoms with Gasteiger partial charge in [0.2, 0.25) is 0 Å². The van der Waals surface area contributed by atoms with Crippen LogP contribution < -0.4 is 5.32 Å². The number of benzene rings is 1. The van der Waals surface area contributed by atoms with Gasteiger partial charge in [-0.1, -0.05) is 23.1 Å². The van der Waals surface area contributed by atoms with E-state index in [1.165, 1.54) is 23.1 Å². The summed E-state index contributed by atoms with van der Waals surface area (Å²) in [6, 6.07) is 5.21. The number of hydrogen-bond acceptors (Lipinski definition) is 6. The van der Waals surface area contributed by atoms with Crippen molar-refractivity contribution in [1.82, 2.24) is 10.2 Å². The minimum absolute atomic E-state index is 0.427. The molecule has 0 atom stereocenters. The van der Waals surface area contributed by atoms with Gasteiger partial charge in [0.15, 0.2) is 4.34 Å². The summed E-state index contributed by atoms with van der Waals surface area (Å²) >= 11 is 2.88. The van der Waals surface area contributed by atoms with Crippen LogP contribution in [-0.2, 0) is 4.79 Å². The summed E-state index contributed by atoms with van der Waals surface area (Å²) in [5.41, 5.74) is 2.65. The number of nitrogens with one attached hydrogen (secondary N) is 1. The topological polar surface area (TPSA) is 72.0 Å². The molecule has 0 fully saturated rings. The van der Waals surface area contributed by atoms with Gasteiger partial charge in [0, 0.05) is 4.90 Å². The maximum absolute atomic E-state index is 11.4. The normalized spacial score (nSPS) is 13.6. The Kier molecular flexibility index (Phi) is 2.41. The lowest BCUT2D eigenvalue weighted by Gasteiger charge is -2.00. The molecule has 2 heterocycles. The van der Waals surface area contributed by atoms with E-state index in [4.69, 9.17) is 0 Å². The summed E-state index contributed by atoms with van der Waals surface area (Å²) in [4.78, 5) is 23.5. The fourth-order valence-electron chi connectivity index (χ4n) is 1.50. The monoisotopic (exact) mass is 263 g/mol. The van der Waals surface area contributed by atoms with E-state index in [1.54, 1.807) is 23.7 Å². The first-order valence-corrected chi connectivity index (χ1v) is 6.37. The van der Waals surface area contributed by atoms with Gasteiger partial charge < -0.3 is 5.32 Å². The highest BCUT2D eigenvalue weighted by atomic mass is 32.2. The summed E-state index contributed by atoms with van der Waals surface area (Å²) in [6.07, 6.45) is 0. The summed E-state index contributed by atoms with van der Waals surface area (Å²) < 4.78 is 0.820. The van der Waals surface area contributed by atoms with Crippen LogP contribution >= 0.6 is 23.1 Å². The summed E-state index contributed by atoms with van der Waals surface area (Å²) in [6.45, 7) is 0. The van der Waals surface area contributed by atoms with Gasteiger partial charge in [0.1, 0.15) is 5.51 Å². The van der Waals surface area contributed by atoms with Gasteiger partial charge in [0.05, 0.1) is 11.3 Å². The minimum atomic E-state index is -0.571. The smallest absolute Gasteiger partial charge is 0.296 e. The average Bonchev–Trinajstić information content (AvgIpc) is 2.89. The predicted octanol–water partition coefficient (Wildman–Crippen LogP) is 1.82. The van der Waals surface area contributed by atoms with Crippen molar-refractivity contribution in [3.63, 3.8) is 0 Å². The third-order valence-electron chi connectivity index (χ3n) is 2.24. The Morgan fingerprint density at radius 3 is 2.94 bits per heavy atom. The van der Waals surface area contributed by atoms with E-state index in [0.717, 1.165) is 9.24 Å². The molecule has 1 N–H and O–H groups in total. The van der Waals surface area contributed by atoms with Crippen LogP contribution in [0.1, 0.15) is 10.4 Å². The maximum atomic E-state index is 11.4. The molecule has 1 aliphatic heterocycles. The molecule has 1 aromatic carbocycles. The van der Waals surface area contributed by atoms with Gasteiger partial charge in [-0.25, -0.2) is 0 Å². The largest absolute Gasteiger partial charge is 0.318 e. The molecule has 0 spiro atoms. The predicted molar refractivity (Wildman–Crippen MR) is 63.4 cm³/mol. The second-order valence-electron chi connectivity index (χ2n) is 3.30. The first kappa shape index (κ1) is 10.4. The van der Waals surface area contributed by atoms with E-state index < -0.39 is 11.7 Å². The van der Waals surface area contributed by atoms with E-state index in [9.17, 15) is 9.59 Å². The van der Waals surface area contributed by atoms with Crippen molar-refractivity contribution < 1.29 is 9.59 Å². The lowest BCUT2D eigenvalue weighted by molar-refractivity contribution is -0.112. The van der Waals surface area contributed by atoms with E-state index >= 15 is 0 Å². The number of Topliss-reactive ketones (excluding diaryl/α,β-unsaturated/α-hetero) is 1. The molecule has 2 aromatic rings. The van der Waals surface area contributed by atoms with Crippen LogP contribution in [0.5, 0.6) is 0 Å². The molecule has 0 saturated carbocycles. The molecule has 1 amide bonds.